The molecule has 0 saturated carbocycles. The van der Waals surface area contributed by atoms with Gasteiger partial charge in [-0.05, 0) is 30.1 Å². The van der Waals surface area contributed by atoms with Crippen LogP contribution in [0.15, 0.2) is 30.3 Å². The lowest BCUT2D eigenvalue weighted by atomic mass is 9.81. The summed E-state index contributed by atoms with van der Waals surface area (Å²) in [4.78, 5) is 0. The van der Waals surface area contributed by atoms with E-state index in [2.05, 4.69) is 68.2 Å². The average Bonchev–Trinajstić information content (AvgIpc) is 2.33. The number of hydrogen-bond donors (Lipinski definition) is 1. The van der Waals surface area contributed by atoms with Gasteiger partial charge in [0.15, 0.2) is 0 Å². The van der Waals surface area contributed by atoms with Crippen molar-refractivity contribution < 1.29 is 0 Å². The van der Waals surface area contributed by atoms with Crippen LogP contribution in [0.2, 0.25) is 0 Å². The largest absolute Gasteiger partial charge is 0.306 e. The molecule has 2 heteroatoms. The Labute approximate surface area is 109 Å². The number of benzene rings is 1. The molecule has 17 heavy (non-hydrogen) atoms. The van der Waals surface area contributed by atoms with Gasteiger partial charge in [-0.3, -0.25) is 0 Å². The Morgan fingerprint density at radius 2 is 2.00 bits per heavy atom. The lowest BCUT2D eigenvalue weighted by Crippen LogP contribution is -2.47. The predicted molar refractivity (Wildman–Crippen MR) is 77.5 cm³/mol. The van der Waals surface area contributed by atoms with Gasteiger partial charge < -0.3 is 5.32 Å². The summed E-state index contributed by atoms with van der Waals surface area (Å²) in [6.45, 7) is 7.05. The van der Waals surface area contributed by atoms with Crippen LogP contribution in [0, 0.1) is 5.41 Å². The topological polar surface area (TPSA) is 12.0 Å². The Hall–Kier alpha value is -0.470. The van der Waals surface area contributed by atoms with Crippen LogP contribution in [0.1, 0.15) is 38.8 Å². The van der Waals surface area contributed by atoms with Crippen molar-refractivity contribution in [2.24, 2.45) is 5.41 Å². The van der Waals surface area contributed by atoms with Crippen molar-refractivity contribution in [2.75, 3.05) is 11.5 Å². The quantitative estimate of drug-likeness (QED) is 0.873. The third-order valence-electron chi connectivity index (χ3n) is 3.87. The molecule has 0 spiro atoms. The zero-order valence-corrected chi connectivity index (χ0v) is 11.9. The van der Waals surface area contributed by atoms with Crippen LogP contribution in [-0.4, -0.2) is 17.5 Å². The Morgan fingerprint density at radius 3 is 2.65 bits per heavy atom. The van der Waals surface area contributed by atoms with Gasteiger partial charge in [-0.1, -0.05) is 44.2 Å². The van der Waals surface area contributed by atoms with Gasteiger partial charge in [0.1, 0.15) is 0 Å². The third kappa shape index (κ3) is 3.26. The fraction of sp³-hybridized carbons (Fsp3) is 0.600. The van der Waals surface area contributed by atoms with E-state index in [9.17, 15) is 0 Å². The van der Waals surface area contributed by atoms with Crippen LogP contribution < -0.4 is 5.32 Å². The van der Waals surface area contributed by atoms with Crippen LogP contribution in [-0.2, 0) is 0 Å². The van der Waals surface area contributed by atoms with E-state index in [0.717, 1.165) is 0 Å². The van der Waals surface area contributed by atoms with Crippen LogP contribution in [0.4, 0.5) is 0 Å². The van der Waals surface area contributed by atoms with Gasteiger partial charge in [0.25, 0.3) is 0 Å². The second-order valence-electron chi connectivity index (χ2n) is 5.67. The maximum absolute atomic E-state index is 3.80. The van der Waals surface area contributed by atoms with Gasteiger partial charge in [-0.25, -0.2) is 0 Å². The van der Waals surface area contributed by atoms with Crippen molar-refractivity contribution in [3.05, 3.63) is 35.9 Å². The van der Waals surface area contributed by atoms with Crippen molar-refractivity contribution in [3.63, 3.8) is 0 Å². The highest BCUT2D eigenvalue weighted by Crippen LogP contribution is 2.35. The van der Waals surface area contributed by atoms with Crippen LogP contribution in [0.5, 0.6) is 0 Å². The maximum atomic E-state index is 3.80. The van der Waals surface area contributed by atoms with E-state index in [4.69, 9.17) is 0 Å². The molecule has 2 atom stereocenters. The van der Waals surface area contributed by atoms with E-state index < -0.39 is 0 Å². The van der Waals surface area contributed by atoms with Gasteiger partial charge in [0, 0.05) is 17.8 Å². The molecule has 0 aromatic heterocycles. The summed E-state index contributed by atoms with van der Waals surface area (Å²) in [5, 5.41) is 3.80. The molecule has 1 aliphatic rings. The van der Waals surface area contributed by atoms with E-state index in [0.29, 0.717) is 17.5 Å². The van der Waals surface area contributed by atoms with Crippen LogP contribution in [0.25, 0.3) is 0 Å². The van der Waals surface area contributed by atoms with E-state index in [1.807, 2.05) is 0 Å². The molecule has 0 amide bonds. The minimum absolute atomic E-state index is 0.425. The first-order valence-electron chi connectivity index (χ1n) is 6.48. The fourth-order valence-corrected chi connectivity index (χ4v) is 3.97. The molecule has 1 N–H and O–H groups in total. The van der Waals surface area contributed by atoms with Gasteiger partial charge in [0.05, 0.1) is 0 Å². The number of hydrogen-bond acceptors (Lipinski definition) is 2. The van der Waals surface area contributed by atoms with Crippen molar-refractivity contribution in [1.29, 1.82) is 0 Å². The molecule has 94 valence electrons. The van der Waals surface area contributed by atoms with Gasteiger partial charge >= 0.3 is 0 Å². The summed E-state index contributed by atoms with van der Waals surface area (Å²) in [6, 6.07) is 11.8. The molecule has 1 heterocycles. The summed E-state index contributed by atoms with van der Waals surface area (Å²) in [6.07, 6.45) is 1.32. The number of rotatable bonds is 3. The SMILES string of the molecule is C[C@H](NC1CSCCC1(C)C)c1ccccc1. The minimum Gasteiger partial charge on any atom is -0.306 e. The highest BCUT2D eigenvalue weighted by molar-refractivity contribution is 7.99. The van der Waals surface area contributed by atoms with E-state index in [1.54, 1.807) is 0 Å². The lowest BCUT2D eigenvalue weighted by Gasteiger charge is -2.40. The van der Waals surface area contributed by atoms with Gasteiger partial charge in [0.2, 0.25) is 0 Å². The minimum atomic E-state index is 0.425. The molecule has 1 unspecified atom stereocenters. The summed E-state index contributed by atoms with van der Waals surface area (Å²) >= 11 is 2.08. The molecule has 1 aliphatic heterocycles. The molecule has 1 aromatic carbocycles. The zero-order chi connectivity index (χ0) is 12.3. The van der Waals surface area contributed by atoms with Gasteiger partial charge in [-0.15, -0.1) is 0 Å². The Kier molecular flexibility index (Phi) is 4.16. The van der Waals surface area contributed by atoms with E-state index in [1.165, 1.54) is 23.5 Å². The predicted octanol–water partition coefficient (Wildman–Crippen LogP) is 3.87. The molecule has 0 aliphatic carbocycles. The maximum Gasteiger partial charge on any atom is 0.0294 e. The highest BCUT2D eigenvalue weighted by Gasteiger charge is 2.33. The molecule has 1 nitrogen and oxygen atoms in total. The lowest BCUT2D eigenvalue weighted by molar-refractivity contribution is 0.232. The number of thioether (sulfide) groups is 1. The third-order valence-corrected chi connectivity index (χ3v) is 4.93. The molecule has 1 fully saturated rings. The molecule has 1 aromatic rings. The average molecular weight is 249 g/mol. The normalized spacial score (nSPS) is 25.5. The van der Waals surface area contributed by atoms with Crippen molar-refractivity contribution in [3.8, 4) is 0 Å². The van der Waals surface area contributed by atoms with E-state index in [-0.39, 0.29) is 0 Å². The molecule has 0 bridgehead atoms. The standard InChI is InChI=1S/C15H23NS/c1-12(13-7-5-4-6-8-13)16-14-11-17-10-9-15(14,2)3/h4-8,12,14,16H,9-11H2,1-3H3/t12-,14?/m0/s1. The smallest absolute Gasteiger partial charge is 0.0294 e. The monoisotopic (exact) mass is 249 g/mol. The first-order chi connectivity index (χ1) is 8.09. The summed E-state index contributed by atoms with van der Waals surface area (Å²) in [5.41, 5.74) is 1.81. The van der Waals surface area contributed by atoms with E-state index >= 15 is 0 Å². The molecule has 0 radical (unpaired) electrons. The second-order valence-corrected chi connectivity index (χ2v) is 6.81. The zero-order valence-electron chi connectivity index (χ0n) is 11.1. The van der Waals surface area contributed by atoms with Crippen molar-refractivity contribution in [1.82, 2.24) is 5.32 Å². The molecule has 1 saturated heterocycles. The van der Waals surface area contributed by atoms with Gasteiger partial charge in [-0.2, -0.15) is 11.8 Å². The van der Waals surface area contributed by atoms with Crippen LogP contribution >= 0.6 is 11.8 Å². The Bertz CT molecular complexity index is 347. The molecular formula is C15H23NS. The first-order valence-corrected chi connectivity index (χ1v) is 7.64. The van der Waals surface area contributed by atoms with Crippen molar-refractivity contribution in [2.45, 2.75) is 39.3 Å². The summed E-state index contributed by atoms with van der Waals surface area (Å²) < 4.78 is 0. The first kappa shape index (κ1) is 13.0. The molecular weight excluding hydrogens is 226 g/mol. The van der Waals surface area contributed by atoms with Crippen molar-refractivity contribution >= 4 is 11.8 Å². The Balaban J connectivity index is 2.00. The molecule has 2 rings (SSSR count). The second kappa shape index (κ2) is 5.45. The summed E-state index contributed by atoms with van der Waals surface area (Å²) in [7, 11) is 0. The Morgan fingerprint density at radius 1 is 1.29 bits per heavy atom. The number of nitrogens with one attached hydrogen (secondary N) is 1. The fourth-order valence-electron chi connectivity index (χ4n) is 2.35. The summed E-state index contributed by atoms with van der Waals surface area (Å²) in [5.74, 6) is 2.55. The van der Waals surface area contributed by atoms with Crippen LogP contribution in [0.3, 0.4) is 0 Å². The highest BCUT2D eigenvalue weighted by atomic mass is 32.2.